The average molecular weight is 367 g/mol. The lowest BCUT2D eigenvalue weighted by molar-refractivity contribution is 0.0672. The number of methoxy groups -OCH3 is 1. The van der Waals surface area contributed by atoms with E-state index < -0.39 is 0 Å². The number of carbonyl (C=O) groups excluding carboxylic acids is 1. The first kappa shape index (κ1) is 17.6. The molecule has 27 heavy (non-hydrogen) atoms. The smallest absolute Gasteiger partial charge is 0.261 e. The van der Waals surface area contributed by atoms with E-state index in [1.165, 1.54) is 0 Å². The lowest BCUT2D eigenvalue weighted by Crippen LogP contribution is -2.54. The number of fused-ring (bicyclic) bond motifs is 1. The first-order valence-corrected chi connectivity index (χ1v) is 9.52. The van der Waals surface area contributed by atoms with Gasteiger partial charge in [-0.3, -0.25) is 9.59 Å². The third-order valence-corrected chi connectivity index (χ3v) is 5.63. The van der Waals surface area contributed by atoms with E-state index in [-0.39, 0.29) is 23.1 Å². The molecule has 0 unspecified atom stereocenters. The van der Waals surface area contributed by atoms with Crippen molar-refractivity contribution >= 4 is 11.6 Å². The first-order chi connectivity index (χ1) is 13.1. The largest absolute Gasteiger partial charge is 0.495 e. The predicted molar refractivity (Wildman–Crippen MR) is 105 cm³/mol. The van der Waals surface area contributed by atoms with Crippen molar-refractivity contribution in [3.05, 3.63) is 57.5 Å². The molecule has 1 amide bonds. The van der Waals surface area contributed by atoms with Crippen molar-refractivity contribution < 1.29 is 9.53 Å². The van der Waals surface area contributed by atoms with Crippen LogP contribution in [0.1, 0.15) is 35.0 Å². The Labute approximate surface area is 158 Å². The van der Waals surface area contributed by atoms with Gasteiger partial charge in [0.1, 0.15) is 11.3 Å². The van der Waals surface area contributed by atoms with Crippen LogP contribution in [0.5, 0.6) is 5.75 Å². The summed E-state index contributed by atoms with van der Waals surface area (Å²) in [6.45, 7) is 4.02. The van der Waals surface area contributed by atoms with Crippen LogP contribution in [0, 0.1) is 0 Å². The molecule has 2 aliphatic rings. The third-order valence-electron chi connectivity index (χ3n) is 5.63. The number of amides is 1. The van der Waals surface area contributed by atoms with Crippen molar-refractivity contribution in [3.63, 3.8) is 0 Å². The van der Waals surface area contributed by atoms with Gasteiger partial charge in [-0.05, 0) is 49.9 Å². The summed E-state index contributed by atoms with van der Waals surface area (Å²) in [7, 11) is 1.67. The minimum Gasteiger partial charge on any atom is -0.495 e. The SMILES string of the molecule is COc1ccccc1N1CCN(C(=O)c2cc3c([nH]c2=O)CCC3)[C@@H](C)C1. The number of anilines is 1. The maximum atomic E-state index is 13.1. The minimum absolute atomic E-state index is 0.00353. The van der Waals surface area contributed by atoms with E-state index >= 15 is 0 Å². The number of aromatic nitrogens is 1. The number of rotatable bonds is 3. The normalized spacial score (nSPS) is 19.1. The summed E-state index contributed by atoms with van der Waals surface area (Å²) in [5.41, 5.74) is 3.14. The number of aryl methyl sites for hydroxylation is 2. The summed E-state index contributed by atoms with van der Waals surface area (Å²) in [4.78, 5) is 32.4. The number of para-hydroxylation sites is 2. The number of pyridine rings is 1. The number of nitrogens with zero attached hydrogens (tertiary/aromatic N) is 2. The molecule has 4 rings (SSSR count). The first-order valence-electron chi connectivity index (χ1n) is 9.52. The van der Waals surface area contributed by atoms with Gasteiger partial charge in [0, 0.05) is 31.4 Å². The Morgan fingerprint density at radius 3 is 2.81 bits per heavy atom. The zero-order valence-electron chi connectivity index (χ0n) is 15.8. The molecule has 1 N–H and O–H groups in total. The highest BCUT2D eigenvalue weighted by Crippen LogP contribution is 2.29. The molecule has 142 valence electrons. The van der Waals surface area contributed by atoms with Gasteiger partial charge in [-0.1, -0.05) is 12.1 Å². The fourth-order valence-electron chi connectivity index (χ4n) is 4.20. The van der Waals surface area contributed by atoms with E-state index in [4.69, 9.17) is 4.74 Å². The van der Waals surface area contributed by atoms with Gasteiger partial charge in [-0.15, -0.1) is 0 Å². The maximum absolute atomic E-state index is 13.1. The molecule has 1 aliphatic carbocycles. The number of H-pyrrole nitrogens is 1. The summed E-state index contributed by atoms with van der Waals surface area (Å²) < 4.78 is 5.47. The van der Waals surface area contributed by atoms with Crippen molar-refractivity contribution in [2.24, 2.45) is 0 Å². The van der Waals surface area contributed by atoms with Gasteiger partial charge in [0.25, 0.3) is 11.5 Å². The monoisotopic (exact) mass is 367 g/mol. The highest BCUT2D eigenvalue weighted by molar-refractivity contribution is 5.94. The zero-order chi connectivity index (χ0) is 19.0. The quantitative estimate of drug-likeness (QED) is 0.903. The Hall–Kier alpha value is -2.76. The molecule has 0 bridgehead atoms. The lowest BCUT2D eigenvalue weighted by atomic mass is 10.1. The molecule has 1 saturated heterocycles. The number of hydrogen-bond acceptors (Lipinski definition) is 4. The highest BCUT2D eigenvalue weighted by Gasteiger charge is 2.31. The Morgan fingerprint density at radius 2 is 2.04 bits per heavy atom. The molecule has 0 radical (unpaired) electrons. The number of piperazine rings is 1. The minimum atomic E-state index is -0.264. The van der Waals surface area contributed by atoms with Crippen LogP contribution in [-0.4, -0.2) is 48.6 Å². The molecule has 1 aromatic carbocycles. The van der Waals surface area contributed by atoms with Crippen LogP contribution in [0.15, 0.2) is 35.1 Å². The fraction of sp³-hybridized carbons (Fsp3) is 0.429. The van der Waals surface area contributed by atoms with Crippen LogP contribution in [0.2, 0.25) is 0 Å². The van der Waals surface area contributed by atoms with Crippen molar-refractivity contribution in [3.8, 4) is 5.75 Å². The topological polar surface area (TPSA) is 65.6 Å². The molecule has 0 saturated carbocycles. The van der Waals surface area contributed by atoms with Gasteiger partial charge >= 0.3 is 0 Å². The van der Waals surface area contributed by atoms with Crippen molar-refractivity contribution in [2.75, 3.05) is 31.6 Å². The van der Waals surface area contributed by atoms with Crippen LogP contribution in [0.4, 0.5) is 5.69 Å². The van der Waals surface area contributed by atoms with Crippen LogP contribution in [-0.2, 0) is 12.8 Å². The second-order valence-corrected chi connectivity index (χ2v) is 7.33. The molecule has 1 aliphatic heterocycles. The molecule has 2 heterocycles. The predicted octanol–water partition coefficient (Wildman–Crippen LogP) is 2.22. The van der Waals surface area contributed by atoms with E-state index in [0.29, 0.717) is 19.6 Å². The van der Waals surface area contributed by atoms with Crippen LogP contribution in [0.3, 0.4) is 0 Å². The van der Waals surface area contributed by atoms with E-state index in [1.54, 1.807) is 7.11 Å². The Kier molecular flexibility index (Phi) is 4.64. The van der Waals surface area contributed by atoms with Crippen LogP contribution in [0.25, 0.3) is 0 Å². The van der Waals surface area contributed by atoms with Crippen molar-refractivity contribution in [1.82, 2.24) is 9.88 Å². The number of nitrogens with one attached hydrogen (secondary N) is 1. The van der Waals surface area contributed by atoms with Crippen LogP contribution < -0.4 is 15.2 Å². The third kappa shape index (κ3) is 3.20. The van der Waals surface area contributed by atoms with E-state index in [2.05, 4.69) is 9.88 Å². The summed E-state index contributed by atoms with van der Waals surface area (Å²) in [5.74, 6) is 0.665. The van der Waals surface area contributed by atoms with E-state index in [0.717, 1.165) is 42.0 Å². The molecule has 2 aromatic rings. The van der Waals surface area contributed by atoms with Gasteiger partial charge in [0.05, 0.1) is 12.8 Å². The number of ether oxygens (including phenoxy) is 1. The summed E-state index contributed by atoms with van der Waals surface area (Å²) in [6.07, 6.45) is 2.87. The van der Waals surface area contributed by atoms with Gasteiger partial charge in [0.15, 0.2) is 0 Å². The Balaban J connectivity index is 1.54. The summed E-state index contributed by atoms with van der Waals surface area (Å²) >= 11 is 0. The molecule has 0 spiro atoms. The van der Waals surface area contributed by atoms with Gasteiger partial charge in [0.2, 0.25) is 0 Å². The second kappa shape index (κ2) is 7.10. The molecular weight excluding hydrogens is 342 g/mol. The highest BCUT2D eigenvalue weighted by atomic mass is 16.5. The van der Waals surface area contributed by atoms with Gasteiger partial charge < -0.3 is 19.5 Å². The summed E-state index contributed by atoms with van der Waals surface area (Å²) in [6, 6.07) is 9.73. The summed E-state index contributed by atoms with van der Waals surface area (Å²) in [5, 5.41) is 0. The molecule has 1 aromatic heterocycles. The second-order valence-electron chi connectivity index (χ2n) is 7.33. The molecule has 1 atom stereocenters. The standard InChI is InChI=1S/C21H25N3O3/c1-14-13-23(18-8-3-4-9-19(18)27-2)10-11-24(14)21(26)16-12-15-6-5-7-17(15)22-20(16)25/h3-4,8-9,12,14H,5-7,10-11,13H2,1-2H3,(H,22,25)/t14-/m0/s1. The Morgan fingerprint density at radius 1 is 1.22 bits per heavy atom. The van der Waals surface area contributed by atoms with Crippen molar-refractivity contribution in [2.45, 2.75) is 32.2 Å². The lowest BCUT2D eigenvalue weighted by Gasteiger charge is -2.41. The average Bonchev–Trinajstić information content (AvgIpc) is 3.14. The number of benzene rings is 1. The molecule has 6 nitrogen and oxygen atoms in total. The number of hydrogen-bond donors (Lipinski definition) is 1. The van der Waals surface area contributed by atoms with Gasteiger partial charge in [-0.25, -0.2) is 0 Å². The fourth-order valence-corrected chi connectivity index (χ4v) is 4.20. The maximum Gasteiger partial charge on any atom is 0.261 e. The van der Waals surface area contributed by atoms with Gasteiger partial charge in [-0.2, -0.15) is 0 Å². The van der Waals surface area contributed by atoms with Crippen LogP contribution >= 0.6 is 0 Å². The zero-order valence-corrected chi connectivity index (χ0v) is 15.8. The number of carbonyl (C=O) groups is 1. The molecule has 1 fully saturated rings. The van der Waals surface area contributed by atoms with E-state index in [9.17, 15) is 9.59 Å². The number of aromatic amines is 1. The molecular formula is C21H25N3O3. The van der Waals surface area contributed by atoms with E-state index in [1.807, 2.05) is 42.2 Å². The Bertz CT molecular complexity index is 921. The molecule has 6 heteroatoms. The van der Waals surface area contributed by atoms with Crippen molar-refractivity contribution in [1.29, 1.82) is 0 Å².